The van der Waals surface area contributed by atoms with E-state index in [2.05, 4.69) is 41.3 Å². The van der Waals surface area contributed by atoms with Crippen molar-refractivity contribution in [1.82, 2.24) is 9.97 Å². The van der Waals surface area contributed by atoms with Crippen molar-refractivity contribution in [2.24, 2.45) is 0 Å². The molecule has 1 heterocycles. The average molecular weight is 288 g/mol. The van der Waals surface area contributed by atoms with E-state index in [9.17, 15) is 5.11 Å². The van der Waals surface area contributed by atoms with Gasteiger partial charge >= 0.3 is 0 Å². The number of fused-ring (bicyclic) bond motifs is 1. The highest BCUT2D eigenvalue weighted by molar-refractivity contribution is 5.90. The molecular formula is C16H24N4O. The molecule has 1 aromatic carbocycles. The van der Waals surface area contributed by atoms with Crippen LogP contribution in [0.15, 0.2) is 18.2 Å². The van der Waals surface area contributed by atoms with Gasteiger partial charge in [0.25, 0.3) is 0 Å². The van der Waals surface area contributed by atoms with Gasteiger partial charge in [-0.25, -0.2) is 4.98 Å². The Kier molecular flexibility index (Phi) is 5.33. The first-order valence-electron chi connectivity index (χ1n) is 7.61. The van der Waals surface area contributed by atoms with Crippen LogP contribution in [0.25, 0.3) is 10.9 Å². The number of aromatic nitrogens is 2. The summed E-state index contributed by atoms with van der Waals surface area (Å²) in [6.45, 7) is 4.42. The second-order valence-corrected chi connectivity index (χ2v) is 5.28. The third-order valence-electron chi connectivity index (χ3n) is 3.64. The van der Waals surface area contributed by atoms with Crippen LogP contribution in [0.1, 0.15) is 38.7 Å². The van der Waals surface area contributed by atoms with Crippen molar-refractivity contribution in [1.29, 1.82) is 0 Å². The molecule has 0 aliphatic heterocycles. The molecule has 114 valence electrons. The molecule has 5 nitrogen and oxygen atoms in total. The zero-order chi connectivity index (χ0) is 15.2. The Morgan fingerprint density at radius 2 is 2.05 bits per heavy atom. The van der Waals surface area contributed by atoms with E-state index in [4.69, 9.17) is 5.73 Å². The first kappa shape index (κ1) is 15.5. The molecule has 4 N–H and O–H groups in total. The zero-order valence-electron chi connectivity index (χ0n) is 12.8. The maximum Gasteiger partial charge on any atom is 0.222 e. The van der Waals surface area contributed by atoms with Crippen LogP contribution < -0.4 is 11.1 Å². The van der Waals surface area contributed by atoms with Gasteiger partial charge in [-0.2, -0.15) is 4.98 Å². The Morgan fingerprint density at radius 3 is 2.71 bits per heavy atom. The fourth-order valence-corrected chi connectivity index (χ4v) is 2.51. The molecule has 2 aromatic rings. The van der Waals surface area contributed by atoms with Crippen LogP contribution >= 0.6 is 0 Å². The SMILES string of the molecule is CCC[C@H](CCO)Nc1nc(N)nc2ccc(CC)cc12. The standard InChI is InChI=1S/C16H24N4O/c1-3-5-12(8-9-21)18-15-13-10-11(4-2)6-7-14(13)19-16(17)20-15/h6-7,10,12,21H,3-5,8-9H2,1-2H3,(H3,17,18,19,20)/t12-/m1/s1. The van der Waals surface area contributed by atoms with Crippen LogP contribution in [0, 0.1) is 0 Å². The molecule has 0 unspecified atom stereocenters. The molecule has 0 saturated heterocycles. The van der Waals surface area contributed by atoms with Gasteiger partial charge in [0, 0.05) is 18.0 Å². The number of hydrogen-bond acceptors (Lipinski definition) is 5. The second kappa shape index (κ2) is 7.22. The van der Waals surface area contributed by atoms with Crippen LogP contribution in [-0.2, 0) is 6.42 Å². The summed E-state index contributed by atoms with van der Waals surface area (Å²) >= 11 is 0. The summed E-state index contributed by atoms with van der Waals surface area (Å²) in [5, 5.41) is 13.6. The molecule has 0 bridgehead atoms. The lowest BCUT2D eigenvalue weighted by molar-refractivity contribution is 0.276. The number of aliphatic hydroxyl groups excluding tert-OH is 1. The lowest BCUT2D eigenvalue weighted by Crippen LogP contribution is -2.22. The Balaban J connectivity index is 2.40. The van der Waals surface area contributed by atoms with Crippen molar-refractivity contribution in [2.75, 3.05) is 17.7 Å². The molecule has 0 spiro atoms. The molecule has 1 atom stereocenters. The minimum atomic E-state index is 0.163. The van der Waals surface area contributed by atoms with Crippen molar-refractivity contribution in [3.63, 3.8) is 0 Å². The number of rotatable bonds is 7. The van der Waals surface area contributed by atoms with E-state index in [0.29, 0.717) is 6.42 Å². The van der Waals surface area contributed by atoms with Crippen molar-refractivity contribution < 1.29 is 5.11 Å². The molecule has 0 amide bonds. The van der Waals surface area contributed by atoms with E-state index in [1.54, 1.807) is 0 Å². The number of anilines is 2. The number of nitrogen functional groups attached to an aromatic ring is 1. The van der Waals surface area contributed by atoms with E-state index in [-0.39, 0.29) is 18.6 Å². The van der Waals surface area contributed by atoms with Gasteiger partial charge < -0.3 is 16.2 Å². The van der Waals surface area contributed by atoms with Crippen molar-refractivity contribution in [3.8, 4) is 0 Å². The molecule has 0 aliphatic rings. The smallest absolute Gasteiger partial charge is 0.222 e. The Bertz CT molecular complexity index is 594. The summed E-state index contributed by atoms with van der Waals surface area (Å²) in [5.41, 5.74) is 7.90. The lowest BCUT2D eigenvalue weighted by Gasteiger charge is -2.19. The van der Waals surface area contributed by atoms with Crippen LogP contribution in [0.2, 0.25) is 0 Å². The summed E-state index contributed by atoms with van der Waals surface area (Å²) in [6.07, 6.45) is 3.71. The predicted molar refractivity (Wildman–Crippen MR) is 87.3 cm³/mol. The summed E-state index contributed by atoms with van der Waals surface area (Å²) in [7, 11) is 0. The van der Waals surface area contributed by atoms with Gasteiger partial charge in [0.2, 0.25) is 5.95 Å². The highest BCUT2D eigenvalue weighted by Gasteiger charge is 2.12. The highest BCUT2D eigenvalue weighted by atomic mass is 16.3. The van der Waals surface area contributed by atoms with Crippen molar-refractivity contribution in [2.45, 2.75) is 45.6 Å². The normalized spacial score (nSPS) is 12.5. The molecule has 0 saturated carbocycles. The zero-order valence-corrected chi connectivity index (χ0v) is 12.8. The highest BCUT2D eigenvalue weighted by Crippen LogP contribution is 2.24. The summed E-state index contributed by atoms with van der Waals surface area (Å²) < 4.78 is 0. The molecule has 1 aromatic heterocycles. The van der Waals surface area contributed by atoms with E-state index in [1.165, 1.54) is 5.56 Å². The minimum Gasteiger partial charge on any atom is -0.396 e. The number of nitrogens with zero attached hydrogens (tertiary/aromatic N) is 2. The minimum absolute atomic E-state index is 0.163. The number of nitrogens with one attached hydrogen (secondary N) is 1. The van der Waals surface area contributed by atoms with Gasteiger partial charge in [-0.3, -0.25) is 0 Å². The van der Waals surface area contributed by atoms with Gasteiger partial charge in [0.15, 0.2) is 0 Å². The quantitative estimate of drug-likeness (QED) is 0.729. The number of aliphatic hydroxyl groups is 1. The predicted octanol–water partition coefficient (Wildman–Crippen LogP) is 2.74. The molecule has 5 heteroatoms. The fraction of sp³-hybridized carbons (Fsp3) is 0.500. The number of nitrogens with two attached hydrogens (primary N) is 1. The van der Waals surface area contributed by atoms with Gasteiger partial charge in [-0.05, 0) is 37.0 Å². The van der Waals surface area contributed by atoms with Crippen molar-refractivity contribution >= 4 is 22.7 Å². The largest absolute Gasteiger partial charge is 0.396 e. The van der Waals surface area contributed by atoms with E-state index in [0.717, 1.165) is 36.0 Å². The summed E-state index contributed by atoms with van der Waals surface area (Å²) in [4.78, 5) is 8.64. The second-order valence-electron chi connectivity index (χ2n) is 5.28. The molecular weight excluding hydrogens is 264 g/mol. The molecule has 2 rings (SSSR count). The summed E-state index contributed by atoms with van der Waals surface area (Å²) in [5.74, 6) is 1.04. The van der Waals surface area contributed by atoms with Gasteiger partial charge in [0.1, 0.15) is 5.82 Å². The average Bonchev–Trinajstić information content (AvgIpc) is 2.47. The monoisotopic (exact) mass is 288 g/mol. The first-order valence-corrected chi connectivity index (χ1v) is 7.61. The number of hydrogen-bond donors (Lipinski definition) is 3. The Hall–Kier alpha value is -1.88. The Morgan fingerprint density at radius 1 is 1.24 bits per heavy atom. The van der Waals surface area contributed by atoms with E-state index < -0.39 is 0 Å². The van der Waals surface area contributed by atoms with E-state index in [1.807, 2.05) is 6.07 Å². The van der Waals surface area contributed by atoms with E-state index >= 15 is 0 Å². The van der Waals surface area contributed by atoms with Gasteiger partial charge in [-0.1, -0.05) is 26.3 Å². The molecule has 0 fully saturated rings. The third-order valence-corrected chi connectivity index (χ3v) is 3.64. The maximum absolute atomic E-state index is 9.19. The van der Waals surface area contributed by atoms with Crippen molar-refractivity contribution in [3.05, 3.63) is 23.8 Å². The fourth-order valence-electron chi connectivity index (χ4n) is 2.51. The van der Waals surface area contributed by atoms with Crippen LogP contribution in [0.4, 0.5) is 11.8 Å². The maximum atomic E-state index is 9.19. The topological polar surface area (TPSA) is 84.1 Å². The number of benzene rings is 1. The molecule has 0 radical (unpaired) electrons. The third kappa shape index (κ3) is 3.82. The first-order chi connectivity index (χ1) is 10.2. The molecule has 21 heavy (non-hydrogen) atoms. The number of aryl methyl sites for hydroxylation is 1. The van der Waals surface area contributed by atoms with Crippen LogP contribution in [0.5, 0.6) is 0 Å². The Labute approximate surface area is 125 Å². The van der Waals surface area contributed by atoms with Gasteiger partial charge in [0.05, 0.1) is 5.52 Å². The lowest BCUT2D eigenvalue weighted by atomic mass is 10.1. The molecule has 0 aliphatic carbocycles. The van der Waals surface area contributed by atoms with Crippen LogP contribution in [0.3, 0.4) is 0 Å². The van der Waals surface area contributed by atoms with Gasteiger partial charge in [-0.15, -0.1) is 0 Å². The van der Waals surface area contributed by atoms with Crippen LogP contribution in [-0.4, -0.2) is 27.7 Å². The summed E-state index contributed by atoms with van der Waals surface area (Å²) in [6, 6.07) is 6.36.